The van der Waals surface area contributed by atoms with Gasteiger partial charge in [-0.05, 0) is 19.1 Å². The third kappa shape index (κ3) is 2.37. The summed E-state index contributed by atoms with van der Waals surface area (Å²) in [4.78, 5) is 12.0. The van der Waals surface area contributed by atoms with Gasteiger partial charge in [0.1, 0.15) is 11.5 Å². The third-order valence-electron chi connectivity index (χ3n) is 2.81. The summed E-state index contributed by atoms with van der Waals surface area (Å²) in [6.07, 6.45) is -0.591. The number of benzene rings is 1. The van der Waals surface area contributed by atoms with E-state index in [1.807, 2.05) is 24.3 Å². The predicted octanol–water partition coefficient (Wildman–Crippen LogP) is 1.79. The minimum atomic E-state index is -0.591. The van der Waals surface area contributed by atoms with Crippen molar-refractivity contribution < 1.29 is 14.1 Å². The van der Waals surface area contributed by atoms with Crippen LogP contribution < -0.4 is 15.4 Å². The molecule has 98 valence electrons. The maximum atomic E-state index is 12.0. The zero-order chi connectivity index (χ0) is 13.2. The van der Waals surface area contributed by atoms with E-state index < -0.39 is 6.10 Å². The molecule has 0 bridgehead atoms. The topological polar surface area (TPSA) is 76.4 Å². The Morgan fingerprint density at radius 1 is 1.47 bits per heavy atom. The third-order valence-corrected chi connectivity index (χ3v) is 2.81. The minimum Gasteiger partial charge on any atom is -0.477 e. The van der Waals surface area contributed by atoms with Crippen molar-refractivity contribution in [3.63, 3.8) is 0 Å². The number of fused-ring (bicyclic) bond motifs is 1. The lowest BCUT2D eigenvalue weighted by Crippen LogP contribution is -2.41. The Balaban J connectivity index is 1.69. The molecule has 0 aliphatic carbocycles. The first-order valence-corrected chi connectivity index (χ1v) is 5.96. The van der Waals surface area contributed by atoms with Gasteiger partial charge in [0.15, 0.2) is 11.9 Å². The first-order chi connectivity index (χ1) is 9.22. The Hall–Kier alpha value is -2.50. The number of amides is 1. The average Bonchev–Trinajstić information content (AvgIpc) is 2.83. The molecule has 1 unspecified atom stereocenters. The van der Waals surface area contributed by atoms with Crippen LogP contribution in [0.2, 0.25) is 0 Å². The van der Waals surface area contributed by atoms with Gasteiger partial charge in [0.25, 0.3) is 5.91 Å². The molecule has 2 heterocycles. The van der Waals surface area contributed by atoms with Gasteiger partial charge in [-0.3, -0.25) is 4.79 Å². The zero-order valence-electron chi connectivity index (χ0n) is 10.3. The number of aromatic nitrogens is 1. The molecule has 0 spiro atoms. The molecule has 1 atom stereocenters. The molecule has 1 aromatic heterocycles. The number of para-hydroxylation sites is 2. The Kier molecular flexibility index (Phi) is 2.83. The summed E-state index contributed by atoms with van der Waals surface area (Å²) >= 11 is 0. The summed E-state index contributed by atoms with van der Waals surface area (Å²) in [6, 6.07) is 9.16. The summed E-state index contributed by atoms with van der Waals surface area (Å²) in [5.74, 6) is 1.45. The first-order valence-electron chi connectivity index (χ1n) is 5.96. The molecule has 0 radical (unpaired) electrons. The summed E-state index contributed by atoms with van der Waals surface area (Å²) in [7, 11) is 0. The van der Waals surface area contributed by atoms with E-state index in [1.54, 1.807) is 13.0 Å². The lowest BCUT2D eigenvalue weighted by molar-refractivity contribution is -0.122. The number of carbonyl (C=O) groups excluding carboxylic acids is 1. The van der Waals surface area contributed by atoms with Gasteiger partial charge in [0.2, 0.25) is 0 Å². The number of carbonyl (C=O) groups is 1. The molecular weight excluding hydrogens is 246 g/mol. The van der Waals surface area contributed by atoms with Gasteiger partial charge in [-0.1, -0.05) is 17.3 Å². The van der Waals surface area contributed by atoms with Crippen LogP contribution in [0.4, 0.5) is 11.5 Å². The highest BCUT2D eigenvalue weighted by atomic mass is 16.5. The number of nitrogens with zero attached hydrogens (tertiary/aromatic N) is 1. The van der Waals surface area contributed by atoms with E-state index in [9.17, 15) is 4.79 Å². The summed E-state index contributed by atoms with van der Waals surface area (Å²) < 4.78 is 10.5. The number of aryl methyl sites for hydroxylation is 1. The van der Waals surface area contributed by atoms with Gasteiger partial charge in [-0.25, -0.2) is 0 Å². The van der Waals surface area contributed by atoms with Gasteiger partial charge in [-0.15, -0.1) is 0 Å². The number of anilines is 2. The molecule has 0 saturated carbocycles. The molecule has 19 heavy (non-hydrogen) atoms. The summed E-state index contributed by atoms with van der Waals surface area (Å²) in [5, 5.41) is 9.52. The molecule has 1 aliphatic rings. The normalized spacial score (nSPS) is 17.0. The Morgan fingerprint density at radius 3 is 3.11 bits per heavy atom. The van der Waals surface area contributed by atoms with Crippen molar-refractivity contribution in [2.75, 3.05) is 17.2 Å². The van der Waals surface area contributed by atoms with Gasteiger partial charge in [0, 0.05) is 6.07 Å². The number of ether oxygens (including phenoxy) is 1. The lowest BCUT2D eigenvalue weighted by Gasteiger charge is -2.26. The van der Waals surface area contributed by atoms with Crippen molar-refractivity contribution in [3.8, 4) is 5.75 Å². The number of hydrogen-bond acceptors (Lipinski definition) is 5. The maximum absolute atomic E-state index is 12.0. The fraction of sp³-hybridized carbons (Fsp3) is 0.231. The second-order valence-electron chi connectivity index (χ2n) is 4.30. The maximum Gasteiger partial charge on any atom is 0.268 e. The molecule has 1 aromatic carbocycles. The van der Waals surface area contributed by atoms with Gasteiger partial charge in [0.05, 0.1) is 12.2 Å². The van der Waals surface area contributed by atoms with Crippen LogP contribution >= 0.6 is 0 Å². The number of hydrogen-bond donors (Lipinski definition) is 2. The van der Waals surface area contributed by atoms with E-state index in [0.717, 1.165) is 5.69 Å². The van der Waals surface area contributed by atoms with Crippen molar-refractivity contribution in [1.82, 2.24) is 5.16 Å². The van der Waals surface area contributed by atoms with E-state index in [-0.39, 0.29) is 5.91 Å². The highest BCUT2D eigenvalue weighted by Gasteiger charge is 2.26. The molecule has 0 saturated heterocycles. The quantitative estimate of drug-likeness (QED) is 0.860. The van der Waals surface area contributed by atoms with Crippen molar-refractivity contribution in [2.24, 2.45) is 0 Å². The zero-order valence-corrected chi connectivity index (χ0v) is 10.3. The average molecular weight is 259 g/mol. The molecule has 0 fully saturated rings. The van der Waals surface area contributed by atoms with Gasteiger partial charge >= 0.3 is 0 Å². The van der Waals surface area contributed by atoms with Crippen LogP contribution in [-0.4, -0.2) is 23.7 Å². The summed E-state index contributed by atoms with van der Waals surface area (Å²) in [5.41, 5.74) is 0.892. The van der Waals surface area contributed by atoms with Crippen molar-refractivity contribution in [1.29, 1.82) is 0 Å². The van der Waals surface area contributed by atoms with Crippen molar-refractivity contribution in [3.05, 3.63) is 36.1 Å². The highest BCUT2D eigenvalue weighted by molar-refractivity contribution is 5.94. The largest absolute Gasteiger partial charge is 0.477 e. The molecule has 6 heteroatoms. The van der Waals surface area contributed by atoms with E-state index >= 15 is 0 Å². The van der Waals surface area contributed by atoms with Crippen LogP contribution in [0.25, 0.3) is 0 Å². The minimum absolute atomic E-state index is 0.254. The van der Waals surface area contributed by atoms with Gasteiger partial charge < -0.3 is 19.9 Å². The van der Waals surface area contributed by atoms with Crippen LogP contribution in [0.5, 0.6) is 5.75 Å². The van der Waals surface area contributed by atoms with Crippen molar-refractivity contribution >= 4 is 17.4 Å². The van der Waals surface area contributed by atoms with Crippen LogP contribution in [0.3, 0.4) is 0 Å². The van der Waals surface area contributed by atoms with E-state index in [2.05, 4.69) is 15.8 Å². The smallest absolute Gasteiger partial charge is 0.268 e. The van der Waals surface area contributed by atoms with Gasteiger partial charge in [-0.2, -0.15) is 0 Å². The molecule has 2 aromatic rings. The lowest BCUT2D eigenvalue weighted by atomic mass is 10.2. The van der Waals surface area contributed by atoms with Crippen LogP contribution in [0.1, 0.15) is 5.76 Å². The number of rotatable bonds is 2. The predicted molar refractivity (Wildman–Crippen MR) is 69.2 cm³/mol. The fourth-order valence-electron chi connectivity index (χ4n) is 1.89. The highest BCUT2D eigenvalue weighted by Crippen LogP contribution is 2.28. The van der Waals surface area contributed by atoms with E-state index in [1.165, 1.54) is 0 Å². The first kappa shape index (κ1) is 11.6. The van der Waals surface area contributed by atoms with E-state index in [4.69, 9.17) is 9.26 Å². The second kappa shape index (κ2) is 4.64. The van der Waals surface area contributed by atoms with Crippen molar-refractivity contribution in [2.45, 2.75) is 13.0 Å². The van der Waals surface area contributed by atoms with Crippen LogP contribution in [-0.2, 0) is 4.79 Å². The summed E-state index contributed by atoms with van der Waals surface area (Å²) in [6.45, 7) is 2.18. The molecular formula is C13H13N3O3. The second-order valence-corrected chi connectivity index (χ2v) is 4.30. The number of nitrogens with one attached hydrogen (secondary N) is 2. The van der Waals surface area contributed by atoms with E-state index in [0.29, 0.717) is 23.9 Å². The Bertz CT molecular complexity index is 609. The fourth-order valence-corrected chi connectivity index (χ4v) is 1.89. The Morgan fingerprint density at radius 2 is 2.32 bits per heavy atom. The molecule has 3 rings (SSSR count). The molecule has 1 amide bonds. The SMILES string of the molecule is Cc1cc(NC(=O)C2CNc3ccccc3O2)no1. The molecule has 2 N–H and O–H groups in total. The van der Waals surface area contributed by atoms with Crippen LogP contribution in [0.15, 0.2) is 34.9 Å². The molecule has 1 aliphatic heterocycles. The molecule has 6 nitrogen and oxygen atoms in total. The monoisotopic (exact) mass is 259 g/mol. The van der Waals surface area contributed by atoms with Crippen LogP contribution in [0, 0.1) is 6.92 Å². The Labute approximate surface area is 109 Å². The standard InChI is InChI=1S/C13H13N3O3/c1-8-6-12(16-19-8)15-13(17)11-7-14-9-4-2-3-5-10(9)18-11/h2-6,11,14H,7H2,1H3,(H,15,16,17).